The maximum atomic E-state index is 4.61. The summed E-state index contributed by atoms with van der Waals surface area (Å²) in [5.74, 6) is 1.62. The van der Waals surface area contributed by atoms with Crippen molar-refractivity contribution in [3.63, 3.8) is 0 Å². The van der Waals surface area contributed by atoms with Gasteiger partial charge in [0.2, 0.25) is 5.95 Å². The van der Waals surface area contributed by atoms with E-state index in [2.05, 4.69) is 58.3 Å². The van der Waals surface area contributed by atoms with Crippen LogP contribution in [0.4, 0.5) is 17.5 Å². The van der Waals surface area contributed by atoms with Crippen LogP contribution >= 0.6 is 0 Å². The van der Waals surface area contributed by atoms with E-state index in [9.17, 15) is 0 Å². The first-order valence-electron chi connectivity index (χ1n) is 6.99. The Hall–Kier alpha value is -2.10. The van der Waals surface area contributed by atoms with Crippen molar-refractivity contribution in [2.24, 2.45) is 0 Å². The second kappa shape index (κ2) is 6.37. The number of benzene rings is 1. The molecule has 0 saturated carbocycles. The second-order valence-corrected chi connectivity index (χ2v) is 5.02. The van der Waals surface area contributed by atoms with Gasteiger partial charge in [0.15, 0.2) is 0 Å². The van der Waals surface area contributed by atoms with Crippen LogP contribution in [-0.2, 0) is 0 Å². The molecule has 4 nitrogen and oxygen atoms in total. The van der Waals surface area contributed by atoms with Crippen LogP contribution in [0.3, 0.4) is 0 Å². The van der Waals surface area contributed by atoms with E-state index in [1.807, 2.05) is 20.2 Å². The van der Waals surface area contributed by atoms with Gasteiger partial charge in [0.25, 0.3) is 0 Å². The van der Waals surface area contributed by atoms with E-state index in [0.717, 1.165) is 30.0 Å². The molecule has 1 aromatic heterocycles. The van der Waals surface area contributed by atoms with E-state index < -0.39 is 0 Å². The minimum atomic E-state index is 0.686. The lowest BCUT2D eigenvalue weighted by molar-refractivity contribution is 0.944. The summed E-state index contributed by atoms with van der Waals surface area (Å²) >= 11 is 0. The zero-order chi connectivity index (χ0) is 14.5. The molecule has 2 rings (SSSR count). The van der Waals surface area contributed by atoms with Crippen LogP contribution < -0.4 is 10.2 Å². The maximum Gasteiger partial charge on any atom is 0.224 e. The number of rotatable bonds is 5. The topological polar surface area (TPSA) is 41.1 Å². The molecule has 0 atom stereocenters. The molecule has 4 heteroatoms. The minimum Gasteiger partial charge on any atom is -0.354 e. The van der Waals surface area contributed by atoms with Crippen LogP contribution in [0.1, 0.15) is 24.5 Å². The highest BCUT2D eigenvalue weighted by atomic mass is 15.2. The van der Waals surface area contributed by atoms with Crippen molar-refractivity contribution in [3.8, 4) is 0 Å². The van der Waals surface area contributed by atoms with Gasteiger partial charge in [0.05, 0.1) is 0 Å². The minimum absolute atomic E-state index is 0.686. The largest absolute Gasteiger partial charge is 0.354 e. The third-order valence-electron chi connectivity index (χ3n) is 3.22. The fraction of sp³-hybridized carbons (Fsp3) is 0.375. The summed E-state index contributed by atoms with van der Waals surface area (Å²) in [6.45, 7) is 7.13. The lowest BCUT2D eigenvalue weighted by atomic mass is 10.2. The van der Waals surface area contributed by atoms with Gasteiger partial charge in [-0.3, -0.25) is 0 Å². The van der Waals surface area contributed by atoms with Gasteiger partial charge in [-0.2, -0.15) is 4.98 Å². The molecule has 0 amide bonds. The van der Waals surface area contributed by atoms with Crippen LogP contribution in [0.5, 0.6) is 0 Å². The van der Waals surface area contributed by atoms with Crippen molar-refractivity contribution in [3.05, 3.63) is 41.6 Å². The van der Waals surface area contributed by atoms with Gasteiger partial charge in [-0.25, -0.2) is 4.98 Å². The summed E-state index contributed by atoms with van der Waals surface area (Å²) in [6.07, 6.45) is 2.92. The lowest BCUT2D eigenvalue weighted by Gasteiger charge is -2.21. The Bertz CT molecular complexity index is 563. The Balaban J connectivity index is 2.28. The molecule has 0 saturated heterocycles. The number of hydrogen-bond donors (Lipinski definition) is 1. The molecule has 2 aromatic rings. The van der Waals surface area contributed by atoms with Gasteiger partial charge < -0.3 is 10.2 Å². The molecule has 1 aromatic carbocycles. The maximum absolute atomic E-state index is 4.61. The molecular weight excluding hydrogens is 248 g/mol. The van der Waals surface area contributed by atoms with E-state index in [4.69, 9.17) is 0 Å². The standard InChI is InChI=1S/C16H22N4/c1-5-10-17-16-18-11-13(3)15(19-16)20(4)14-8-6-12(2)7-9-14/h6-9,11H,5,10H2,1-4H3,(H,17,18,19). The summed E-state index contributed by atoms with van der Waals surface area (Å²) in [7, 11) is 2.03. The molecule has 1 heterocycles. The average molecular weight is 270 g/mol. The van der Waals surface area contributed by atoms with Gasteiger partial charge in [0, 0.05) is 31.0 Å². The zero-order valence-corrected chi connectivity index (χ0v) is 12.6. The van der Waals surface area contributed by atoms with E-state index in [1.54, 1.807) is 0 Å². The van der Waals surface area contributed by atoms with Gasteiger partial charge in [0.1, 0.15) is 5.82 Å². The molecule has 0 spiro atoms. The molecule has 0 unspecified atom stereocenters. The van der Waals surface area contributed by atoms with Crippen LogP contribution in [0.25, 0.3) is 0 Å². The van der Waals surface area contributed by atoms with Crippen molar-refractivity contribution >= 4 is 17.5 Å². The highest BCUT2D eigenvalue weighted by molar-refractivity contribution is 5.62. The Morgan fingerprint density at radius 1 is 1.15 bits per heavy atom. The first kappa shape index (κ1) is 14.3. The van der Waals surface area contributed by atoms with Crippen LogP contribution in [0, 0.1) is 13.8 Å². The molecular formula is C16H22N4. The highest BCUT2D eigenvalue weighted by Gasteiger charge is 2.10. The summed E-state index contributed by atoms with van der Waals surface area (Å²) in [5, 5.41) is 3.23. The monoisotopic (exact) mass is 270 g/mol. The second-order valence-electron chi connectivity index (χ2n) is 5.02. The van der Waals surface area contributed by atoms with Gasteiger partial charge in [-0.15, -0.1) is 0 Å². The Morgan fingerprint density at radius 3 is 2.50 bits per heavy atom. The van der Waals surface area contributed by atoms with Gasteiger partial charge >= 0.3 is 0 Å². The summed E-state index contributed by atoms with van der Waals surface area (Å²) < 4.78 is 0. The smallest absolute Gasteiger partial charge is 0.224 e. The molecule has 20 heavy (non-hydrogen) atoms. The average Bonchev–Trinajstić information content (AvgIpc) is 2.46. The predicted molar refractivity (Wildman–Crippen MR) is 84.8 cm³/mol. The fourth-order valence-corrected chi connectivity index (χ4v) is 1.99. The number of nitrogens with zero attached hydrogens (tertiary/aromatic N) is 3. The predicted octanol–water partition coefficient (Wildman–Crippen LogP) is 3.68. The highest BCUT2D eigenvalue weighted by Crippen LogP contribution is 2.25. The normalized spacial score (nSPS) is 10.4. The first-order valence-corrected chi connectivity index (χ1v) is 6.99. The van der Waals surface area contributed by atoms with E-state index in [1.165, 1.54) is 5.56 Å². The molecule has 0 bridgehead atoms. The zero-order valence-electron chi connectivity index (χ0n) is 12.6. The van der Waals surface area contributed by atoms with E-state index in [-0.39, 0.29) is 0 Å². The Labute approximate surface area is 120 Å². The van der Waals surface area contributed by atoms with Crippen LogP contribution in [-0.4, -0.2) is 23.6 Å². The Morgan fingerprint density at radius 2 is 1.85 bits per heavy atom. The van der Waals surface area contributed by atoms with Crippen molar-refractivity contribution < 1.29 is 0 Å². The molecule has 106 valence electrons. The number of hydrogen-bond acceptors (Lipinski definition) is 4. The third-order valence-corrected chi connectivity index (χ3v) is 3.22. The number of anilines is 3. The molecule has 0 aliphatic carbocycles. The lowest BCUT2D eigenvalue weighted by Crippen LogP contribution is -2.15. The summed E-state index contributed by atoms with van der Waals surface area (Å²) in [6, 6.07) is 8.43. The van der Waals surface area contributed by atoms with Crippen molar-refractivity contribution in [2.45, 2.75) is 27.2 Å². The molecule has 0 aliphatic heterocycles. The Kier molecular flexibility index (Phi) is 4.56. The summed E-state index contributed by atoms with van der Waals surface area (Å²) in [5.41, 5.74) is 3.45. The molecule has 0 aliphatic rings. The molecule has 1 N–H and O–H groups in total. The number of aromatic nitrogens is 2. The summed E-state index contributed by atoms with van der Waals surface area (Å²) in [4.78, 5) is 11.0. The van der Waals surface area contributed by atoms with Crippen molar-refractivity contribution in [1.29, 1.82) is 0 Å². The first-order chi connectivity index (χ1) is 9.61. The molecule has 0 radical (unpaired) electrons. The van der Waals surface area contributed by atoms with Crippen LogP contribution in [0.2, 0.25) is 0 Å². The van der Waals surface area contributed by atoms with Gasteiger partial charge in [-0.1, -0.05) is 24.6 Å². The number of aryl methyl sites for hydroxylation is 2. The quantitative estimate of drug-likeness (QED) is 0.899. The van der Waals surface area contributed by atoms with Gasteiger partial charge in [-0.05, 0) is 32.4 Å². The number of nitrogens with one attached hydrogen (secondary N) is 1. The SMILES string of the molecule is CCCNc1ncc(C)c(N(C)c2ccc(C)cc2)n1. The van der Waals surface area contributed by atoms with Crippen LogP contribution in [0.15, 0.2) is 30.5 Å². The van der Waals surface area contributed by atoms with E-state index in [0.29, 0.717) is 5.95 Å². The van der Waals surface area contributed by atoms with E-state index >= 15 is 0 Å². The van der Waals surface area contributed by atoms with Crippen molar-refractivity contribution in [2.75, 3.05) is 23.8 Å². The third kappa shape index (κ3) is 3.26. The molecule has 0 fully saturated rings. The fourth-order valence-electron chi connectivity index (χ4n) is 1.99. The van der Waals surface area contributed by atoms with Crippen molar-refractivity contribution in [1.82, 2.24) is 9.97 Å².